The lowest BCUT2D eigenvalue weighted by Crippen LogP contribution is -2.11. The smallest absolute Gasteiger partial charge is 0.303 e. The van der Waals surface area contributed by atoms with Crippen molar-refractivity contribution in [2.24, 2.45) is 0 Å². The summed E-state index contributed by atoms with van der Waals surface area (Å²) < 4.78 is 0. The number of carboxylic acids is 2. The van der Waals surface area contributed by atoms with Crippen LogP contribution < -0.4 is 0 Å². The molecular formula is C25H30O4S3. The molecule has 32 heavy (non-hydrogen) atoms. The van der Waals surface area contributed by atoms with Gasteiger partial charge in [0.2, 0.25) is 0 Å². The Labute approximate surface area is 201 Å². The average molecular weight is 491 g/mol. The Kier molecular flexibility index (Phi) is 7.63. The summed E-state index contributed by atoms with van der Waals surface area (Å²) in [7, 11) is 0. The number of thiophene rings is 3. The normalized spacial score (nSPS) is 11.9. The summed E-state index contributed by atoms with van der Waals surface area (Å²) in [6.07, 6.45) is 1.24. The van der Waals surface area contributed by atoms with E-state index < -0.39 is 11.9 Å². The van der Waals surface area contributed by atoms with Crippen LogP contribution in [0.25, 0.3) is 19.5 Å². The Morgan fingerprint density at radius 1 is 0.844 bits per heavy atom. The lowest BCUT2D eigenvalue weighted by atomic mass is 9.90. The van der Waals surface area contributed by atoms with E-state index in [4.69, 9.17) is 5.11 Å². The minimum absolute atomic E-state index is 0.0666. The first-order valence-electron chi connectivity index (χ1n) is 10.8. The van der Waals surface area contributed by atoms with Crippen molar-refractivity contribution < 1.29 is 19.8 Å². The minimum atomic E-state index is -0.792. The number of rotatable bonds is 9. The van der Waals surface area contributed by atoms with Crippen molar-refractivity contribution >= 4 is 45.9 Å². The Balaban J connectivity index is 2.05. The fourth-order valence-corrected chi connectivity index (χ4v) is 7.29. The number of hydrogen-bond donors (Lipinski definition) is 2. The maximum atomic E-state index is 11.2. The zero-order valence-electron chi connectivity index (χ0n) is 19.2. The monoisotopic (exact) mass is 490 g/mol. The summed E-state index contributed by atoms with van der Waals surface area (Å²) in [5, 5.41) is 18.4. The molecule has 3 aromatic heterocycles. The predicted octanol–water partition coefficient (Wildman–Crippen LogP) is 7.66. The zero-order valence-corrected chi connectivity index (χ0v) is 21.6. The van der Waals surface area contributed by atoms with Crippen LogP contribution in [-0.2, 0) is 27.8 Å². The van der Waals surface area contributed by atoms with Gasteiger partial charge in [-0.2, -0.15) is 0 Å². The van der Waals surface area contributed by atoms with Gasteiger partial charge in [-0.3, -0.25) is 9.59 Å². The number of aryl methyl sites for hydroxylation is 2. The second kappa shape index (κ2) is 9.89. The molecule has 0 radical (unpaired) electrons. The van der Waals surface area contributed by atoms with Crippen LogP contribution in [0, 0.1) is 0 Å². The topological polar surface area (TPSA) is 74.6 Å². The molecule has 172 valence electrons. The number of hydrogen-bond acceptors (Lipinski definition) is 5. The van der Waals surface area contributed by atoms with E-state index in [1.54, 1.807) is 34.0 Å². The molecule has 0 saturated heterocycles. The van der Waals surface area contributed by atoms with Gasteiger partial charge in [-0.1, -0.05) is 34.6 Å². The molecule has 0 bridgehead atoms. The molecule has 2 N–H and O–H groups in total. The Morgan fingerprint density at radius 2 is 1.41 bits per heavy atom. The summed E-state index contributed by atoms with van der Waals surface area (Å²) in [4.78, 5) is 29.5. The average Bonchev–Trinajstić information content (AvgIpc) is 3.40. The van der Waals surface area contributed by atoms with Gasteiger partial charge in [0.1, 0.15) is 0 Å². The third kappa shape index (κ3) is 5.88. The van der Waals surface area contributed by atoms with Crippen LogP contribution in [-0.4, -0.2) is 22.2 Å². The molecule has 3 heterocycles. The second-order valence-corrected chi connectivity index (χ2v) is 12.5. The van der Waals surface area contributed by atoms with Gasteiger partial charge < -0.3 is 10.2 Å². The largest absolute Gasteiger partial charge is 0.481 e. The fraction of sp³-hybridized carbons (Fsp3) is 0.440. The molecule has 0 fully saturated rings. The first-order chi connectivity index (χ1) is 15.0. The van der Waals surface area contributed by atoms with Gasteiger partial charge in [0.05, 0.1) is 0 Å². The first kappa shape index (κ1) is 24.7. The number of aliphatic carboxylic acids is 2. The Hall–Kier alpha value is -1.96. The third-order valence-electron chi connectivity index (χ3n) is 5.18. The molecule has 0 unspecified atom stereocenters. The highest BCUT2D eigenvalue weighted by Crippen LogP contribution is 2.46. The van der Waals surface area contributed by atoms with Gasteiger partial charge in [0.25, 0.3) is 0 Å². The van der Waals surface area contributed by atoms with Crippen molar-refractivity contribution in [2.75, 3.05) is 0 Å². The fourth-order valence-electron chi connectivity index (χ4n) is 3.58. The van der Waals surface area contributed by atoms with Crippen molar-refractivity contribution in [1.29, 1.82) is 0 Å². The summed E-state index contributed by atoms with van der Waals surface area (Å²) in [5.74, 6) is -1.12. The number of carbonyl (C=O) groups is 2. The summed E-state index contributed by atoms with van der Waals surface area (Å²) in [5.41, 5.74) is 2.10. The van der Waals surface area contributed by atoms with Gasteiger partial charge >= 0.3 is 11.9 Å². The molecule has 7 heteroatoms. The summed E-state index contributed by atoms with van der Waals surface area (Å²) in [6.45, 7) is 10.8. The molecule has 0 aliphatic rings. The molecule has 0 saturated carbocycles. The van der Waals surface area contributed by atoms with E-state index >= 15 is 0 Å². The van der Waals surface area contributed by atoms with Crippen molar-refractivity contribution in [3.05, 3.63) is 45.1 Å². The molecule has 3 aromatic rings. The quantitative estimate of drug-likeness (QED) is 0.323. The lowest BCUT2D eigenvalue weighted by molar-refractivity contribution is -0.138. The van der Waals surface area contributed by atoms with E-state index in [9.17, 15) is 14.7 Å². The third-order valence-corrected chi connectivity index (χ3v) is 9.72. The molecular weight excluding hydrogens is 460 g/mol. The molecule has 0 spiro atoms. The van der Waals surface area contributed by atoms with Crippen LogP contribution in [0.5, 0.6) is 0 Å². The molecule has 0 aliphatic heterocycles. The lowest BCUT2D eigenvalue weighted by Gasteiger charge is -2.18. The van der Waals surface area contributed by atoms with Crippen molar-refractivity contribution in [1.82, 2.24) is 0 Å². The first-order valence-corrected chi connectivity index (χ1v) is 13.2. The standard InChI is InChI=1S/C25H30O4S3/c1-14(2)17-8-9-18(30-17)23-15(6-10-21(26)27)12-19(31-23)20-13-16(7-11-22(28)29)24(32-20)25(3,4)5/h8-9,12-14H,6-7,10-11H2,1-5H3,(H,26,27)(H,28,29). The van der Waals surface area contributed by atoms with Crippen LogP contribution in [0.15, 0.2) is 24.3 Å². The van der Waals surface area contributed by atoms with Crippen LogP contribution in [0.3, 0.4) is 0 Å². The van der Waals surface area contributed by atoms with E-state index in [1.165, 1.54) is 14.6 Å². The maximum absolute atomic E-state index is 11.2. The van der Waals surface area contributed by atoms with Gasteiger partial charge in [-0.05, 0) is 59.6 Å². The highest BCUT2D eigenvalue weighted by molar-refractivity contribution is 7.26. The number of carboxylic acid groups (broad SMARTS) is 2. The molecule has 0 atom stereocenters. The van der Waals surface area contributed by atoms with Crippen LogP contribution >= 0.6 is 34.0 Å². The van der Waals surface area contributed by atoms with Crippen LogP contribution in [0.2, 0.25) is 0 Å². The van der Waals surface area contributed by atoms with Gasteiger partial charge in [0, 0.05) is 42.1 Å². The SMILES string of the molecule is CC(C)c1ccc(-c2sc(-c3cc(CCC(=O)O)c(C(C)(C)C)s3)cc2CCC(=O)O)s1. The zero-order chi connectivity index (χ0) is 23.6. The molecule has 0 amide bonds. The van der Waals surface area contributed by atoms with E-state index in [1.807, 2.05) is 0 Å². The Morgan fingerprint density at radius 3 is 1.94 bits per heavy atom. The van der Waals surface area contributed by atoms with Gasteiger partial charge in [-0.15, -0.1) is 34.0 Å². The van der Waals surface area contributed by atoms with Crippen molar-refractivity contribution in [3.63, 3.8) is 0 Å². The highest BCUT2D eigenvalue weighted by atomic mass is 32.1. The highest BCUT2D eigenvalue weighted by Gasteiger charge is 2.24. The summed E-state index contributed by atoms with van der Waals surface area (Å²) in [6, 6.07) is 8.58. The van der Waals surface area contributed by atoms with Crippen LogP contribution in [0.1, 0.15) is 74.3 Å². The predicted molar refractivity (Wildman–Crippen MR) is 136 cm³/mol. The molecule has 0 aliphatic carbocycles. The second-order valence-electron chi connectivity index (χ2n) is 9.32. The van der Waals surface area contributed by atoms with E-state index in [0.29, 0.717) is 18.8 Å². The van der Waals surface area contributed by atoms with Crippen molar-refractivity contribution in [3.8, 4) is 19.5 Å². The van der Waals surface area contributed by atoms with Gasteiger partial charge in [0.15, 0.2) is 0 Å². The van der Waals surface area contributed by atoms with Crippen molar-refractivity contribution in [2.45, 2.75) is 71.6 Å². The Bertz CT molecular complexity index is 1110. The molecule has 4 nitrogen and oxygen atoms in total. The molecule has 0 aromatic carbocycles. The summed E-state index contributed by atoms with van der Waals surface area (Å²) >= 11 is 5.21. The van der Waals surface area contributed by atoms with Gasteiger partial charge in [-0.25, -0.2) is 0 Å². The van der Waals surface area contributed by atoms with Crippen LogP contribution in [0.4, 0.5) is 0 Å². The van der Waals surface area contributed by atoms with E-state index in [0.717, 1.165) is 25.8 Å². The molecule has 3 rings (SSSR count). The van der Waals surface area contributed by atoms with E-state index in [2.05, 4.69) is 58.9 Å². The van der Waals surface area contributed by atoms with E-state index in [-0.39, 0.29) is 18.3 Å². The maximum Gasteiger partial charge on any atom is 0.303 e. The minimum Gasteiger partial charge on any atom is -0.481 e.